The number of nitrogens with zero attached hydrogens (tertiary/aromatic N) is 2. The van der Waals surface area contributed by atoms with E-state index in [9.17, 15) is 4.79 Å². The lowest BCUT2D eigenvalue weighted by Crippen LogP contribution is -2.36. The fourth-order valence-electron chi connectivity index (χ4n) is 2.45. The van der Waals surface area contributed by atoms with Gasteiger partial charge in [-0.3, -0.25) is 4.79 Å². The lowest BCUT2D eigenvalue weighted by molar-refractivity contribution is 0.0690. The van der Waals surface area contributed by atoms with E-state index in [1.54, 1.807) is 19.2 Å². The molecule has 0 bridgehead atoms. The van der Waals surface area contributed by atoms with E-state index in [-0.39, 0.29) is 11.9 Å². The predicted octanol–water partition coefficient (Wildman–Crippen LogP) is 3.76. The first-order valence-electron chi connectivity index (χ1n) is 7.93. The molecule has 0 N–H and O–H groups in total. The first-order chi connectivity index (χ1) is 11.5. The summed E-state index contributed by atoms with van der Waals surface area (Å²) in [6.45, 7) is 5.05. The van der Waals surface area contributed by atoms with Gasteiger partial charge >= 0.3 is 0 Å². The molecule has 4 heteroatoms. The van der Waals surface area contributed by atoms with Crippen LogP contribution in [-0.2, 0) is 17.9 Å². The third-order valence-corrected chi connectivity index (χ3v) is 3.83. The first kappa shape index (κ1) is 17.7. The van der Waals surface area contributed by atoms with Crippen LogP contribution in [-0.4, -0.2) is 24.0 Å². The summed E-state index contributed by atoms with van der Waals surface area (Å²) in [5.74, 6) is -0.00155. The molecule has 2 aromatic rings. The molecule has 24 heavy (non-hydrogen) atoms. The van der Waals surface area contributed by atoms with Gasteiger partial charge in [0.05, 0.1) is 18.2 Å². The van der Waals surface area contributed by atoms with Gasteiger partial charge in [0.25, 0.3) is 5.91 Å². The highest BCUT2D eigenvalue weighted by Gasteiger charge is 2.19. The van der Waals surface area contributed by atoms with Gasteiger partial charge in [-0.25, -0.2) is 0 Å². The van der Waals surface area contributed by atoms with Crippen molar-refractivity contribution in [2.75, 3.05) is 7.11 Å². The number of benzene rings is 2. The van der Waals surface area contributed by atoms with Crippen molar-refractivity contribution in [3.8, 4) is 6.07 Å². The largest absolute Gasteiger partial charge is 0.380 e. The van der Waals surface area contributed by atoms with Gasteiger partial charge in [0.15, 0.2) is 0 Å². The molecule has 2 rings (SSSR count). The zero-order chi connectivity index (χ0) is 17.5. The van der Waals surface area contributed by atoms with Crippen LogP contribution in [0.2, 0.25) is 0 Å². The second kappa shape index (κ2) is 8.28. The van der Waals surface area contributed by atoms with Crippen molar-refractivity contribution in [1.29, 1.82) is 5.26 Å². The van der Waals surface area contributed by atoms with Crippen LogP contribution < -0.4 is 0 Å². The molecule has 1 amide bonds. The number of ether oxygens (including phenoxy) is 1. The molecular formula is C20H22N2O2. The van der Waals surface area contributed by atoms with Crippen LogP contribution in [0.15, 0.2) is 48.5 Å². The number of nitriles is 1. The Balaban J connectivity index is 2.16. The second-order valence-corrected chi connectivity index (χ2v) is 5.97. The Hall–Kier alpha value is -2.64. The number of rotatable bonds is 6. The van der Waals surface area contributed by atoms with E-state index < -0.39 is 0 Å². The molecule has 0 unspecified atom stereocenters. The quantitative estimate of drug-likeness (QED) is 0.814. The maximum Gasteiger partial charge on any atom is 0.254 e. The molecule has 0 aliphatic heterocycles. The number of amides is 1. The van der Waals surface area contributed by atoms with E-state index in [0.29, 0.717) is 24.3 Å². The van der Waals surface area contributed by atoms with E-state index in [1.807, 2.05) is 55.1 Å². The third kappa shape index (κ3) is 4.43. The van der Waals surface area contributed by atoms with Crippen LogP contribution >= 0.6 is 0 Å². The van der Waals surface area contributed by atoms with Crippen molar-refractivity contribution < 1.29 is 9.53 Å². The van der Waals surface area contributed by atoms with Crippen LogP contribution in [0.3, 0.4) is 0 Å². The van der Waals surface area contributed by atoms with Crippen molar-refractivity contribution in [2.24, 2.45) is 0 Å². The summed E-state index contributed by atoms with van der Waals surface area (Å²) < 4.78 is 5.09. The summed E-state index contributed by atoms with van der Waals surface area (Å²) in [6, 6.07) is 17.0. The van der Waals surface area contributed by atoms with Gasteiger partial charge in [0.1, 0.15) is 0 Å². The molecule has 124 valence electrons. The van der Waals surface area contributed by atoms with Crippen LogP contribution in [0.4, 0.5) is 0 Å². The maximum atomic E-state index is 12.8. The Morgan fingerprint density at radius 1 is 1.08 bits per heavy atom. The van der Waals surface area contributed by atoms with Crippen LogP contribution in [0.5, 0.6) is 0 Å². The normalized spacial score (nSPS) is 10.5. The van der Waals surface area contributed by atoms with Gasteiger partial charge in [-0.2, -0.15) is 5.26 Å². The molecule has 0 aliphatic rings. The van der Waals surface area contributed by atoms with Gasteiger partial charge in [0.2, 0.25) is 0 Å². The van der Waals surface area contributed by atoms with Gasteiger partial charge in [0, 0.05) is 25.3 Å². The molecule has 0 radical (unpaired) electrons. The van der Waals surface area contributed by atoms with E-state index in [0.717, 1.165) is 11.1 Å². The lowest BCUT2D eigenvalue weighted by Gasteiger charge is -2.27. The van der Waals surface area contributed by atoms with Crippen LogP contribution in [0.1, 0.15) is 40.9 Å². The fraction of sp³-hybridized carbons (Fsp3) is 0.300. The average Bonchev–Trinajstić information content (AvgIpc) is 2.60. The number of carbonyl (C=O) groups is 1. The molecular weight excluding hydrogens is 300 g/mol. The van der Waals surface area contributed by atoms with Crippen molar-refractivity contribution in [3.63, 3.8) is 0 Å². The zero-order valence-corrected chi connectivity index (χ0v) is 14.3. The summed E-state index contributed by atoms with van der Waals surface area (Å²) in [4.78, 5) is 14.7. The number of carbonyl (C=O) groups excluding carboxylic acids is 1. The number of hydrogen-bond acceptors (Lipinski definition) is 3. The minimum atomic E-state index is -0.00155. The lowest BCUT2D eigenvalue weighted by atomic mass is 10.1. The smallest absolute Gasteiger partial charge is 0.254 e. The maximum absolute atomic E-state index is 12.8. The summed E-state index contributed by atoms with van der Waals surface area (Å²) in [5.41, 5.74) is 3.33. The van der Waals surface area contributed by atoms with E-state index in [2.05, 4.69) is 6.07 Å². The van der Waals surface area contributed by atoms with Crippen molar-refractivity contribution in [1.82, 2.24) is 4.90 Å². The molecule has 0 saturated carbocycles. The molecule has 0 saturated heterocycles. The summed E-state index contributed by atoms with van der Waals surface area (Å²) in [7, 11) is 1.65. The highest BCUT2D eigenvalue weighted by atomic mass is 16.5. The first-order valence-corrected chi connectivity index (χ1v) is 7.93. The van der Waals surface area contributed by atoms with Crippen molar-refractivity contribution in [3.05, 3.63) is 70.8 Å². The van der Waals surface area contributed by atoms with Gasteiger partial charge in [-0.1, -0.05) is 24.3 Å². The summed E-state index contributed by atoms with van der Waals surface area (Å²) in [6.07, 6.45) is 0. The van der Waals surface area contributed by atoms with Crippen LogP contribution in [0, 0.1) is 11.3 Å². The van der Waals surface area contributed by atoms with E-state index >= 15 is 0 Å². The van der Waals surface area contributed by atoms with Crippen LogP contribution in [0.25, 0.3) is 0 Å². The molecule has 0 aliphatic carbocycles. The topological polar surface area (TPSA) is 53.3 Å². The Morgan fingerprint density at radius 3 is 2.17 bits per heavy atom. The summed E-state index contributed by atoms with van der Waals surface area (Å²) >= 11 is 0. The van der Waals surface area contributed by atoms with Crippen molar-refractivity contribution in [2.45, 2.75) is 33.0 Å². The van der Waals surface area contributed by atoms with Gasteiger partial charge in [-0.05, 0) is 49.2 Å². The Morgan fingerprint density at radius 2 is 1.67 bits per heavy atom. The monoisotopic (exact) mass is 322 g/mol. The minimum Gasteiger partial charge on any atom is -0.380 e. The van der Waals surface area contributed by atoms with E-state index in [1.165, 1.54) is 0 Å². The molecule has 4 nitrogen and oxygen atoms in total. The fourth-order valence-corrected chi connectivity index (χ4v) is 2.45. The summed E-state index contributed by atoms with van der Waals surface area (Å²) in [5, 5.41) is 8.87. The van der Waals surface area contributed by atoms with Gasteiger partial charge in [-0.15, -0.1) is 0 Å². The van der Waals surface area contributed by atoms with E-state index in [4.69, 9.17) is 10.00 Å². The predicted molar refractivity (Wildman–Crippen MR) is 93.3 cm³/mol. The molecule has 2 aromatic carbocycles. The number of hydrogen-bond donors (Lipinski definition) is 0. The van der Waals surface area contributed by atoms with Crippen molar-refractivity contribution >= 4 is 5.91 Å². The SMILES string of the molecule is COCc1ccc(C(=O)N(Cc2ccc(C#N)cc2)C(C)C)cc1. The molecule has 0 heterocycles. The molecule has 0 aromatic heterocycles. The molecule has 0 atom stereocenters. The third-order valence-electron chi connectivity index (χ3n) is 3.83. The highest BCUT2D eigenvalue weighted by Crippen LogP contribution is 2.15. The minimum absolute atomic E-state index is 0.00155. The Kier molecular flexibility index (Phi) is 6.11. The zero-order valence-electron chi connectivity index (χ0n) is 14.3. The standard InChI is InChI=1S/C20H22N2O2/c1-15(2)22(13-17-6-4-16(12-21)5-7-17)20(23)19-10-8-18(9-11-19)14-24-3/h4-11,15H,13-14H2,1-3H3. The van der Waals surface area contributed by atoms with Gasteiger partial charge < -0.3 is 9.64 Å². The average molecular weight is 322 g/mol. The highest BCUT2D eigenvalue weighted by molar-refractivity contribution is 5.94. The Bertz CT molecular complexity index is 713. The Labute approximate surface area is 143 Å². The molecule has 0 fully saturated rings. The second-order valence-electron chi connectivity index (χ2n) is 5.97. The molecule has 0 spiro atoms. The number of methoxy groups -OCH3 is 1.